The number of rotatable bonds is 3. The first-order valence-electron chi connectivity index (χ1n) is 5.34. The maximum Gasteiger partial charge on any atom is 0.252 e. The van der Waals surface area contributed by atoms with E-state index in [-0.39, 0.29) is 5.91 Å². The zero-order valence-electron chi connectivity index (χ0n) is 9.12. The topological polar surface area (TPSA) is 41.1 Å². The van der Waals surface area contributed by atoms with Crippen LogP contribution < -0.4 is 10.6 Å². The normalized spacial score (nSPS) is 24.1. The van der Waals surface area contributed by atoms with E-state index in [0.29, 0.717) is 18.0 Å². The third-order valence-corrected chi connectivity index (χ3v) is 3.17. The summed E-state index contributed by atoms with van der Waals surface area (Å²) in [4.78, 5) is 11.9. The second kappa shape index (κ2) is 4.22. The molecule has 1 aromatic carbocycles. The van der Waals surface area contributed by atoms with Gasteiger partial charge in [0.05, 0.1) is 0 Å². The highest BCUT2D eigenvalue weighted by Crippen LogP contribution is 2.21. The van der Waals surface area contributed by atoms with Gasteiger partial charge < -0.3 is 10.6 Å². The maximum absolute atomic E-state index is 11.9. The van der Waals surface area contributed by atoms with Crippen LogP contribution in [0.1, 0.15) is 18.9 Å². The SMILES string of the molecule is CCC1(Cc2ccccc2)NC(=S)NC1=O. The van der Waals surface area contributed by atoms with Crippen molar-refractivity contribution in [1.82, 2.24) is 10.6 Å². The molecule has 4 heteroatoms. The van der Waals surface area contributed by atoms with Crippen LogP contribution in [0.3, 0.4) is 0 Å². The number of thiocarbonyl (C=S) groups is 1. The lowest BCUT2D eigenvalue weighted by molar-refractivity contribution is -0.124. The minimum absolute atomic E-state index is 0.0242. The molecule has 0 aliphatic carbocycles. The van der Waals surface area contributed by atoms with E-state index in [2.05, 4.69) is 10.6 Å². The fourth-order valence-corrected chi connectivity index (χ4v) is 2.26. The average Bonchev–Trinajstić information content (AvgIpc) is 2.56. The second-order valence-corrected chi connectivity index (χ2v) is 4.41. The molecular formula is C12H14N2OS. The number of amides is 1. The first-order valence-corrected chi connectivity index (χ1v) is 5.74. The van der Waals surface area contributed by atoms with Crippen molar-refractivity contribution < 1.29 is 4.79 Å². The molecule has 84 valence electrons. The van der Waals surface area contributed by atoms with E-state index in [1.165, 1.54) is 0 Å². The largest absolute Gasteiger partial charge is 0.348 e. The molecule has 1 saturated heterocycles. The van der Waals surface area contributed by atoms with E-state index < -0.39 is 5.54 Å². The molecule has 0 saturated carbocycles. The van der Waals surface area contributed by atoms with Gasteiger partial charge >= 0.3 is 0 Å². The van der Waals surface area contributed by atoms with Gasteiger partial charge in [0.1, 0.15) is 5.54 Å². The summed E-state index contributed by atoms with van der Waals surface area (Å²) in [5, 5.41) is 6.18. The van der Waals surface area contributed by atoms with E-state index in [4.69, 9.17) is 12.2 Å². The van der Waals surface area contributed by atoms with E-state index in [1.54, 1.807) is 0 Å². The van der Waals surface area contributed by atoms with Crippen LogP contribution in [0.2, 0.25) is 0 Å². The Balaban J connectivity index is 2.24. The molecule has 2 N–H and O–H groups in total. The van der Waals surface area contributed by atoms with Gasteiger partial charge in [-0.05, 0) is 24.2 Å². The number of hydrogen-bond donors (Lipinski definition) is 2. The van der Waals surface area contributed by atoms with Gasteiger partial charge in [0, 0.05) is 6.42 Å². The maximum atomic E-state index is 11.9. The van der Waals surface area contributed by atoms with Gasteiger partial charge in [0.15, 0.2) is 5.11 Å². The third-order valence-electron chi connectivity index (χ3n) is 2.97. The van der Waals surface area contributed by atoms with Gasteiger partial charge in [-0.1, -0.05) is 37.3 Å². The lowest BCUT2D eigenvalue weighted by atomic mass is 9.88. The molecule has 0 radical (unpaired) electrons. The molecule has 1 heterocycles. The molecule has 0 bridgehead atoms. The number of benzene rings is 1. The molecule has 1 amide bonds. The van der Waals surface area contributed by atoms with Crippen molar-refractivity contribution in [2.45, 2.75) is 25.3 Å². The van der Waals surface area contributed by atoms with Crippen LogP contribution in [0.15, 0.2) is 30.3 Å². The van der Waals surface area contributed by atoms with E-state index in [0.717, 1.165) is 5.56 Å². The highest BCUT2D eigenvalue weighted by Gasteiger charge is 2.42. The number of nitrogens with one attached hydrogen (secondary N) is 2. The van der Waals surface area contributed by atoms with Crippen molar-refractivity contribution in [2.75, 3.05) is 0 Å². The van der Waals surface area contributed by atoms with Crippen LogP contribution in [0, 0.1) is 0 Å². The fourth-order valence-electron chi connectivity index (χ4n) is 1.97. The minimum atomic E-state index is -0.571. The van der Waals surface area contributed by atoms with Crippen molar-refractivity contribution in [3.05, 3.63) is 35.9 Å². The molecule has 2 rings (SSSR count). The summed E-state index contributed by atoms with van der Waals surface area (Å²) < 4.78 is 0. The van der Waals surface area contributed by atoms with Gasteiger partial charge in [0.2, 0.25) is 0 Å². The quantitative estimate of drug-likeness (QED) is 0.776. The predicted molar refractivity (Wildman–Crippen MR) is 67.0 cm³/mol. The number of hydrogen-bond acceptors (Lipinski definition) is 2. The summed E-state index contributed by atoms with van der Waals surface area (Å²) in [5.74, 6) is -0.0242. The Morgan fingerprint density at radius 1 is 1.31 bits per heavy atom. The highest BCUT2D eigenvalue weighted by atomic mass is 32.1. The Labute approximate surface area is 100 Å². The van der Waals surface area contributed by atoms with Gasteiger partial charge in [-0.2, -0.15) is 0 Å². The van der Waals surface area contributed by atoms with Crippen LogP contribution in [0.5, 0.6) is 0 Å². The van der Waals surface area contributed by atoms with Crippen LogP contribution in [-0.2, 0) is 11.2 Å². The monoisotopic (exact) mass is 234 g/mol. The Hall–Kier alpha value is -1.42. The Morgan fingerprint density at radius 2 is 2.00 bits per heavy atom. The van der Waals surface area contributed by atoms with Crippen molar-refractivity contribution >= 4 is 23.2 Å². The molecule has 1 atom stereocenters. The molecule has 0 spiro atoms. The Kier molecular flexibility index (Phi) is 2.92. The van der Waals surface area contributed by atoms with Crippen molar-refractivity contribution in [3.63, 3.8) is 0 Å². The minimum Gasteiger partial charge on any atom is -0.348 e. The standard InChI is InChI=1S/C12H14N2OS/c1-2-12(10(15)13-11(16)14-12)8-9-6-4-3-5-7-9/h3-7H,2,8H2,1H3,(H2,13,14,15,16). The molecular weight excluding hydrogens is 220 g/mol. The zero-order valence-corrected chi connectivity index (χ0v) is 9.93. The molecule has 1 aromatic rings. The fraction of sp³-hybridized carbons (Fsp3) is 0.333. The van der Waals surface area contributed by atoms with Crippen LogP contribution in [0.25, 0.3) is 0 Å². The Bertz CT molecular complexity index is 418. The summed E-state index contributed by atoms with van der Waals surface area (Å²) in [6.07, 6.45) is 1.38. The van der Waals surface area contributed by atoms with Crippen molar-refractivity contribution in [2.24, 2.45) is 0 Å². The first-order chi connectivity index (χ1) is 7.66. The second-order valence-electron chi connectivity index (χ2n) is 4.01. The molecule has 16 heavy (non-hydrogen) atoms. The third kappa shape index (κ3) is 1.93. The molecule has 3 nitrogen and oxygen atoms in total. The summed E-state index contributed by atoms with van der Waals surface area (Å²) in [5.41, 5.74) is 0.565. The van der Waals surface area contributed by atoms with E-state index in [1.807, 2.05) is 37.3 Å². The van der Waals surface area contributed by atoms with Crippen LogP contribution in [-0.4, -0.2) is 16.6 Å². The van der Waals surface area contributed by atoms with Crippen molar-refractivity contribution in [3.8, 4) is 0 Å². The van der Waals surface area contributed by atoms with E-state index >= 15 is 0 Å². The summed E-state index contributed by atoms with van der Waals surface area (Å²) >= 11 is 4.98. The zero-order chi connectivity index (χ0) is 11.6. The van der Waals surface area contributed by atoms with Crippen LogP contribution >= 0.6 is 12.2 Å². The molecule has 1 aliphatic heterocycles. The smallest absolute Gasteiger partial charge is 0.252 e. The van der Waals surface area contributed by atoms with Gasteiger partial charge in [0.25, 0.3) is 5.91 Å². The number of carbonyl (C=O) groups excluding carboxylic acids is 1. The summed E-state index contributed by atoms with van der Waals surface area (Å²) in [6.45, 7) is 1.99. The van der Waals surface area contributed by atoms with Crippen molar-refractivity contribution in [1.29, 1.82) is 0 Å². The predicted octanol–water partition coefficient (Wildman–Crippen LogP) is 1.38. The van der Waals surface area contributed by atoms with Crippen LogP contribution in [0.4, 0.5) is 0 Å². The van der Waals surface area contributed by atoms with Gasteiger partial charge in [-0.15, -0.1) is 0 Å². The average molecular weight is 234 g/mol. The van der Waals surface area contributed by atoms with Gasteiger partial charge in [-0.25, -0.2) is 0 Å². The summed E-state index contributed by atoms with van der Waals surface area (Å²) in [7, 11) is 0. The summed E-state index contributed by atoms with van der Waals surface area (Å²) in [6, 6.07) is 9.96. The lowest BCUT2D eigenvalue weighted by Gasteiger charge is -2.24. The van der Waals surface area contributed by atoms with E-state index in [9.17, 15) is 4.79 Å². The first kappa shape index (κ1) is 11.1. The molecule has 1 fully saturated rings. The molecule has 1 aliphatic rings. The molecule has 0 aromatic heterocycles. The van der Waals surface area contributed by atoms with Gasteiger partial charge in [-0.3, -0.25) is 4.79 Å². The molecule has 1 unspecified atom stereocenters. The number of carbonyl (C=O) groups is 1. The lowest BCUT2D eigenvalue weighted by Crippen LogP contribution is -2.48. The highest BCUT2D eigenvalue weighted by molar-refractivity contribution is 7.80. The Morgan fingerprint density at radius 3 is 2.50 bits per heavy atom.